The van der Waals surface area contributed by atoms with E-state index in [1.54, 1.807) is 0 Å². The Morgan fingerprint density at radius 3 is 1.69 bits per heavy atom. The highest BCUT2D eigenvalue weighted by Gasteiger charge is 2.30. The molecular weight excluding hydrogens is 248 g/mol. The molecular formula is C11H26O2Si3. The second-order valence-corrected chi connectivity index (χ2v) is 17.8. The van der Waals surface area contributed by atoms with Crippen LogP contribution in [0, 0.1) is 0 Å². The Kier molecular flexibility index (Phi) is 6.13. The van der Waals surface area contributed by atoms with Crippen LogP contribution >= 0.6 is 0 Å². The van der Waals surface area contributed by atoms with Crippen molar-refractivity contribution in [3.63, 3.8) is 0 Å². The molecule has 0 aliphatic carbocycles. The number of allylic oxidation sites excluding steroid dienone is 2. The van der Waals surface area contributed by atoms with Crippen LogP contribution in [-0.4, -0.2) is 25.9 Å². The first-order valence-electron chi connectivity index (χ1n) is 5.69. The Bertz CT molecular complexity index is 235. The minimum Gasteiger partial charge on any atom is -0.436 e. The normalized spacial score (nSPS) is 12.9. The van der Waals surface area contributed by atoms with E-state index in [0.29, 0.717) is 0 Å². The first-order chi connectivity index (χ1) is 7.05. The standard InChI is InChI=1S/C11H26O2Si3/c1-9-10-11(2)14(12-15(3,4)5)13-16(6,7)8/h9,14H,1-2,10H2,3-8H3. The largest absolute Gasteiger partial charge is 0.436 e. The third kappa shape index (κ3) is 8.23. The Balaban J connectivity index is 4.63. The summed E-state index contributed by atoms with van der Waals surface area (Å²) in [6, 6.07) is 0. The SMILES string of the molecule is C=CCC(=C)[SiH](O[Si](C)(C)C)O[Si](C)(C)C. The van der Waals surface area contributed by atoms with Gasteiger partial charge in [0.05, 0.1) is 0 Å². The first-order valence-corrected chi connectivity index (χ1v) is 14.0. The van der Waals surface area contributed by atoms with E-state index in [4.69, 9.17) is 8.23 Å². The van der Waals surface area contributed by atoms with Crippen LogP contribution in [0.3, 0.4) is 0 Å². The summed E-state index contributed by atoms with van der Waals surface area (Å²) in [7, 11) is -4.83. The smallest absolute Gasteiger partial charge is 0.330 e. The third-order valence-corrected chi connectivity index (χ3v) is 9.93. The quantitative estimate of drug-likeness (QED) is 0.522. The second kappa shape index (κ2) is 6.11. The van der Waals surface area contributed by atoms with Gasteiger partial charge in [0.15, 0.2) is 16.6 Å². The van der Waals surface area contributed by atoms with Gasteiger partial charge in [-0.15, -0.1) is 6.58 Å². The maximum atomic E-state index is 6.17. The molecule has 0 aromatic heterocycles. The number of hydrogen-bond donors (Lipinski definition) is 0. The van der Waals surface area contributed by atoms with E-state index in [1.807, 2.05) is 6.08 Å². The second-order valence-electron chi connectivity index (χ2n) is 5.94. The van der Waals surface area contributed by atoms with Crippen molar-refractivity contribution >= 4 is 25.9 Å². The Morgan fingerprint density at radius 1 is 1.06 bits per heavy atom. The zero-order valence-corrected chi connectivity index (χ0v) is 14.7. The summed E-state index contributed by atoms with van der Waals surface area (Å²) in [5.41, 5.74) is 0. The summed E-state index contributed by atoms with van der Waals surface area (Å²) < 4.78 is 12.3. The summed E-state index contributed by atoms with van der Waals surface area (Å²) in [4.78, 5) is 0. The molecule has 0 unspecified atom stereocenters. The predicted molar refractivity (Wildman–Crippen MR) is 80.0 cm³/mol. The summed E-state index contributed by atoms with van der Waals surface area (Å²) in [5, 5.41) is 1.11. The average Bonchev–Trinajstić information content (AvgIpc) is 1.97. The molecule has 0 atom stereocenters. The Morgan fingerprint density at radius 2 is 1.44 bits per heavy atom. The molecule has 5 heteroatoms. The first kappa shape index (κ1) is 16.1. The molecule has 0 heterocycles. The summed E-state index contributed by atoms with van der Waals surface area (Å²) in [5.74, 6) is 0. The fourth-order valence-electron chi connectivity index (χ4n) is 1.11. The molecule has 0 fully saturated rings. The monoisotopic (exact) mass is 274 g/mol. The number of rotatable bonds is 7. The molecule has 0 saturated carbocycles. The molecule has 2 nitrogen and oxygen atoms in total. The molecule has 0 rings (SSSR count). The van der Waals surface area contributed by atoms with Gasteiger partial charge in [0, 0.05) is 0 Å². The Labute approximate surface area is 104 Å². The van der Waals surface area contributed by atoms with Crippen LogP contribution in [-0.2, 0) is 8.23 Å². The molecule has 0 bridgehead atoms. The highest BCUT2D eigenvalue weighted by atomic mass is 28.4. The van der Waals surface area contributed by atoms with Crippen molar-refractivity contribution in [2.45, 2.75) is 45.7 Å². The topological polar surface area (TPSA) is 18.5 Å². The van der Waals surface area contributed by atoms with Crippen molar-refractivity contribution in [1.29, 1.82) is 0 Å². The van der Waals surface area contributed by atoms with Gasteiger partial charge in [-0.3, -0.25) is 0 Å². The Hall–Kier alpha value is 0.0506. The van der Waals surface area contributed by atoms with Crippen molar-refractivity contribution < 1.29 is 8.23 Å². The van der Waals surface area contributed by atoms with Crippen molar-refractivity contribution in [3.8, 4) is 0 Å². The van der Waals surface area contributed by atoms with Crippen LogP contribution in [0.25, 0.3) is 0 Å². The highest BCUT2D eigenvalue weighted by molar-refractivity contribution is 6.82. The molecule has 0 aromatic rings. The van der Waals surface area contributed by atoms with Crippen molar-refractivity contribution in [2.24, 2.45) is 0 Å². The van der Waals surface area contributed by atoms with Crippen molar-refractivity contribution in [1.82, 2.24) is 0 Å². The van der Waals surface area contributed by atoms with Gasteiger partial charge in [-0.25, -0.2) is 0 Å². The lowest BCUT2D eigenvalue weighted by atomic mass is 10.4. The van der Waals surface area contributed by atoms with Crippen LogP contribution in [0.4, 0.5) is 0 Å². The maximum Gasteiger partial charge on any atom is 0.330 e. The van der Waals surface area contributed by atoms with E-state index >= 15 is 0 Å². The van der Waals surface area contributed by atoms with Crippen LogP contribution < -0.4 is 0 Å². The van der Waals surface area contributed by atoms with E-state index in [0.717, 1.165) is 11.6 Å². The van der Waals surface area contributed by atoms with Gasteiger partial charge in [0.25, 0.3) is 0 Å². The van der Waals surface area contributed by atoms with Gasteiger partial charge in [-0.1, -0.05) is 12.7 Å². The van der Waals surface area contributed by atoms with Crippen molar-refractivity contribution in [2.75, 3.05) is 0 Å². The fraction of sp³-hybridized carbons (Fsp3) is 0.636. The molecule has 16 heavy (non-hydrogen) atoms. The third-order valence-electron chi connectivity index (χ3n) is 1.66. The van der Waals surface area contributed by atoms with Crippen LogP contribution in [0.5, 0.6) is 0 Å². The number of hydrogen-bond acceptors (Lipinski definition) is 2. The molecule has 0 amide bonds. The van der Waals surface area contributed by atoms with E-state index in [9.17, 15) is 0 Å². The van der Waals surface area contributed by atoms with E-state index in [2.05, 4.69) is 52.4 Å². The van der Waals surface area contributed by atoms with Gasteiger partial charge >= 0.3 is 9.28 Å². The fourth-order valence-corrected chi connectivity index (χ4v) is 8.57. The molecule has 0 aliphatic rings. The van der Waals surface area contributed by atoms with Crippen molar-refractivity contribution in [3.05, 3.63) is 24.4 Å². The summed E-state index contributed by atoms with van der Waals surface area (Å²) in [6.07, 6.45) is 2.69. The van der Waals surface area contributed by atoms with Crippen LogP contribution in [0.2, 0.25) is 39.3 Å². The van der Waals surface area contributed by atoms with Gasteiger partial charge < -0.3 is 8.23 Å². The van der Waals surface area contributed by atoms with Gasteiger partial charge in [-0.05, 0) is 50.9 Å². The summed E-state index contributed by atoms with van der Waals surface area (Å²) >= 11 is 0. The molecule has 94 valence electrons. The average molecular weight is 275 g/mol. The predicted octanol–water partition coefficient (Wildman–Crippen LogP) is 3.58. The highest BCUT2D eigenvalue weighted by Crippen LogP contribution is 2.17. The molecule has 0 aromatic carbocycles. The van der Waals surface area contributed by atoms with Crippen LogP contribution in [0.1, 0.15) is 6.42 Å². The molecule has 0 spiro atoms. The molecule has 0 radical (unpaired) electrons. The minimum atomic E-state index is -1.74. The zero-order chi connectivity index (χ0) is 13.0. The van der Waals surface area contributed by atoms with Gasteiger partial charge in [-0.2, -0.15) is 0 Å². The van der Waals surface area contributed by atoms with Gasteiger partial charge in [0.1, 0.15) is 0 Å². The van der Waals surface area contributed by atoms with E-state index in [-0.39, 0.29) is 0 Å². The summed E-state index contributed by atoms with van der Waals surface area (Å²) in [6.45, 7) is 21.0. The minimum absolute atomic E-state index is 0.811. The lowest BCUT2D eigenvalue weighted by molar-refractivity contribution is 0.429. The van der Waals surface area contributed by atoms with E-state index < -0.39 is 25.9 Å². The van der Waals surface area contributed by atoms with Gasteiger partial charge in [0.2, 0.25) is 0 Å². The molecule has 0 saturated heterocycles. The molecule has 0 aliphatic heterocycles. The lowest BCUT2D eigenvalue weighted by Crippen LogP contribution is -2.44. The van der Waals surface area contributed by atoms with E-state index in [1.165, 1.54) is 0 Å². The van der Waals surface area contributed by atoms with Crippen LogP contribution in [0.15, 0.2) is 24.4 Å². The maximum absolute atomic E-state index is 6.17. The lowest BCUT2D eigenvalue weighted by Gasteiger charge is -2.31. The molecule has 0 N–H and O–H groups in total. The zero-order valence-electron chi connectivity index (χ0n) is 11.6.